The van der Waals surface area contributed by atoms with E-state index in [0.717, 1.165) is 0 Å². The first-order valence-electron chi connectivity index (χ1n) is 5.31. The number of aryl methyl sites for hydroxylation is 1. The molecule has 2 rings (SSSR count). The molecule has 1 N–H and O–H groups in total. The van der Waals surface area contributed by atoms with Crippen LogP contribution in [-0.2, 0) is 10.0 Å². The molecule has 0 aliphatic rings. The summed E-state index contributed by atoms with van der Waals surface area (Å²) in [5.41, 5.74) is 1.33. The van der Waals surface area contributed by atoms with Crippen LogP contribution in [0.25, 0.3) is 0 Å². The van der Waals surface area contributed by atoms with Crippen molar-refractivity contribution in [3.63, 3.8) is 0 Å². The topological polar surface area (TPSA) is 95.7 Å². The molecule has 0 bridgehead atoms. The van der Waals surface area contributed by atoms with Crippen LogP contribution in [0, 0.1) is 18.3 Å². The van der Waals surface area contributed by atoms with Gasteiger partial charge in [0.05, 0.1) is 34.6 Å². The summed E-state index contributed by atoms with van der Waals surface area (Å²) < 4.78 is 26.6. The molecule has 1 heterocycles. The third kappa shape index (κ3) is 2.86. The number of aromatic nitrogens is 2. The lowest BCUT2D eigenvalue weighted by molar-refractivity contribution is 0.601. The summed E-state index contributed by atoms with van der Waals surface area (Å²) in [5, 5.41) is 8.82. The van der Waals surface area contributed by atoms with Gasteiger partial charge in [-0.2, -0.15) is 5.26 Å². The zero-order valence-electron chi connectivity index (χ0n) is 10.0. The summed E-state index contributed by atoms with van der Waals surface area (Å²) >= 11 is 0. The number of rotatable bonds is 3. The Morgan fingerprint density at radius 1 is 1.26 bits per heavy atom. The van der Waals surface area contributed by atoms with E-state index in [1.807, 2.05) is 6.07 Å². The van der Waals surface area contributed by atoms with Gasteiger partial charge in [0, 0.05) is 0 Å². The molecule has 0 spiro atoms. The van der Waals surface area contributed by atoms with Crippen LogP contribution in [0.5, 0.6) is 0 Å². The van der Waals surface area contributed by atoms with E-state index in [-0.39, 0.29) is 10.6 Å². The van der Waals surface area contributed by atoms with Crippen molar-refractivity contribution in [1.82, 2.24) is 9.97 Å². The van der Waals surface area contributed by atoms with Crippen molar-refractivity contribution < 1.29 is 8.42 Å². The number of anilines is 1. The lowest BCUT2D eigenvalue weighted by Gasteiger charge is -2.08. The molecule has 1 aromatic carbocycles. The monoisotopic (exact) mass is 274 g/mol. The molecule has 0 radical (unpaired) electrons. The SMILES string of the molecule is Cc1cc(S(=O)(=O)Nc2cncnc2)ccc1C#N. The average Bonchev–Trinajstić information content (AvgIpc) is 2.39. The van der Waals surface area contributed by atoms with E-state index in [2.05, 4.69) is 14.7 Å². The highest BCUT2D eigenvalue weighted by Gasteiger charge is 2.15. The number of nitrogens with zero attached hydrogens (tertiary/aromatic N) is 3. The molecule has 0 atom stereocenters. The Morgan fingerprint density at radius 2 is 1.95 bits per heavy atom. The number of hydrogen-bond donors (Lipinski definition) is 1. The summed E-state index contributed by atoms with van der Waals surface area (Å²) in [7, 11) is -3.70. The van der Waals surface area contributed by atoms with Crippen molar-refractivity contribution >= 4 is 15.7 Å². The van der Waals surface area contributed by atoms with E-state index >= 15 is 0 Å². The summed E-state index contributed by atoms with van der Waals surface area (Å²) in [6.07, 6.45) is 4.03. The van der Waals surface area contributed by atoms with Crippen molar-refractivity contribution in [2.24, 2.45) is 0 Å². The third-order valence-corrected chi connectivity index (χ3v) is 3.82. The lowest BCUT2D eigenvalue weighted by atomic mass is 10.1. The Bertz CT molecular complexity index is 736. The molecule has 6 nitrogen and oxygen atoms in total. The van der Waals surface area contributed by atoms with Gasteiger partial charge in [-0.25, -0.2) is 18.4 Å². The van der Waals surface area contributed by atoms with Crippen LogP contribution in [0.2, 0.25) is 0 Å². The summed E-state index contributed by atoms with van der Waals surface area (Å²) in [6.45, 7) is 1.68. The second-order valence-electron chi connectivity index (χ2n) is 3.82. The molecule has 96 valence electrons. The van der Waals surface area contributed by atoms with Crippen molar-refractivity contribution in [1.29, 1.82) is 5.26 Å². The minimum absolute atomic E-state index is 0.0906. The van der Waals surface area contributed by atoms with Gasteiger partial charge in [0.1, 0.15) is 6.33 Å². The van der Waals surface area contributed by atoms with Crippen LogP contribution in [0.1, 0.15) is 11.1 Å². The molecule has 7 heteroatoms. The molecule has 0 saturated carbocycles. The Hall–Kier alpha value is -2.46. The normalized spacial score (nSPS) is 10.7. The highest BCUT2D eigenvalue weighted by molar-refractivity contribution is 7.92. The molecule has 2 aromatic rings. The summed E-state index contributed by atoms with van der Waals surface area (Å²) in [6, 6.07) is 6.30. The van der Waals surface area contributed by atoms with Crippen LogP contribution in [0.3, 0.4) is 0 Å². The van der Waals surface area contributed by atoms with Gasteiger partial charge in [-0.05, 0) is 30.7 Å². The predicted molar refractivity (Wildman–Crippen MR) is 68.7 cm³/mol. The zero-order valence-corrected chi connectivity index (χ0v) is 10.8. The van der Waals surface area contributed by atoms with E-state index < -0.39 is 10.0 Å². The van der Waals surface area contributed by atoms with Crippen molar-refractivity contribution in [3.8, 4) is 6.07 Å². The molecule has 0 fully saturated rings. The van der Waals surface area contributed by atoms with E-state index in [4.69, 9.17) is 5.26 Å². The van der Waals surface area contributed by atoms with Crippen molar-refractivity contribution in [3.05, 3.63) is 48.0 Å². The predicted octanol–water partition coefficient (Wildman–Crippen LogP) is 1.46. The van der Waals surface area contributed by atoms with Gasteiger partial charge < -0.3 is 0 Å². The highest BCUT2D eigenvalue weighted by atomic mass is 32.2. The number of hydrogen-bond acceptors (Lipinski definition) is 5. The smallest absolute Gasteiger partial charge is 0.262 e. The Morgan fingerprint density at radius 3 is 2.53 bits per heavy atom. The largest absolute Gasteiger partial charge is 0.276 e. The molecule has 0 aliphatic heterocycles. The van der Waals surface area contributed by atoms with Crippen LogP contribution in [0.4, 0.5) is 5.69 Å². The van der Waals surface area contributed by atoms with Crippen molar-refractivity contribution in [2.45, 2.75) is 11.8 Å². The number of sulfonamides is 1. The maximum absolute atomic E-state index is 12.1. The average molecular weight is 274 g/mol. The maximum atomic E-state index is 12.1. The Kier molecular flexibility index (Phi) is 3.44. The van der Waals surface area contributed by atoms with Gasteiger partial charge in [-0.3, -0.25) is 4.72 Å². The van der Waals surface area contributed by atoms with E-state index in [1.165, 1.54) is 36.9 Å². The van der Waals surface area contributed by atoms with Crippen LogP contribution >= 0.6 is 0 Å². The van der Waals surface area contributed by atoms with Gasteiger partial charge >= 0.3 is 0 Å². The van der Waals surface area contributed by atoms with Gasteiger partial charge in [-0.1, -0.05) is 0 Å². The van der Waals surface area contributed by atoms with Crippen LogP contribution in [-0.4, -0.2) is 18.4 Å². The molecule has 0 amide bonds. The first kappa shape index (κ1) is 13.0. The highest BCUT2D eigenvalue weighted by Crippen LogP contribution is 2.17. The second kappa shape index (κ2) is 5.04. The number of benzene rings is 1. The summed E-state index contributed by atoms with van der Waals surface area (Å²) in [5.74, 6) is 0. The van der Waals surface area contributed by atoms with Crippen LogP contribution < -0.4 is 4.72 Å². The molecular formula is C12H10N4O2S. The van der Waals surface area contributed by atoms with Gasteiger partial charge in [0.2, 0.25) is 0 Å². The first-order valence-corrected chi connectivity index (χ1v) is 6.80. The molecule has 0 saturated heterocycles. The third-order valence-electron chi connectivity index (χ3n) is 2.44. The van der Waals surface area contributed by atoms with Gasteiger partial charge in [-0.15, -0.1) is 0 Å². The lowest BCUT2D eigenvalue weighted by Crippen LogP contribution is -2.13. The summed E-state index contributed by atoms with van der Waals surface area (Å²) in [4.78, 5) is 7.54. The fraction of sp³-hybridized carbons (Fsp3) is 0.0833. The van der Waals surface area contributed by atoms with E-state index in [1.54, 1.807) is 6.92 Å². The fourth-order valence-electron chi connectivity index (χ4n) is 1.49. The molecule has 0 unspecified atom stereocenters. The Labute approximate surface area is 110 Å². The zero-order chi connectivity index (χ0) is 13.9. The minimum Gasteiger partial charge on any atom is -0.276 e. The van der Waals surface area contributed by atoms with Gasteiger partial charge in [0.25, 0.3) is 10.0 Å². The fourth-order valence-corrected chi connectivity index (χ4v) is 2.61. The van der Waals surface area contributed by atoms with E-state index in [0.29, 0.717) is 11.1 Å². The molecular weight excluding hydrogens is 264 g/mol. The standard InChI is InChI=1S/C12H10N4O2S/c1-9-4-12(3-2-10(9)5-13)19(17,18)16-11-6-14-8-15-7-11/h2-4,6-8,16H,1H3. The second-order valence-corrected chi connectivity index (χ2v) is 5.50. The molecule has 1 aromatic heterocycles. The first-order chi connectivity index (χ1) is 9.03. The minimum atomic E-state index is -3.70. The molecule has 0 aliphatic carbocycles. The van der Waals surface area contributed by atoms with Crippen molar-refractivity contribution in [2.75, 3.05) is 4.72 Å². The van der Waals surface area contributed by atoms with E-state index in [9.17, 15) is 8.42 Å². The maximum Gasteiger partial charge on any atom is 0.262 e. The van der Waals surface area contributed by atoms with Gasteiger partial charge in [0.15, 0.2) is 0 Å². The molecule has 19 heavy (non-hydrogen) atoms. The number of nitriles is 1. The number of nitrogens with one attached hydrogen (secondary N) is 1. The van der Waals surface area contributed by atoms with Crippen LogP contribution in [0.15, 0.2) is 41.8 Å². The quantitative estimate of drug-likeness (QED) is 0.914. The Balaban J connectivity index is 2.36.